The Morgan fingerprint density at radius 3 is 2.27 bits per heavy atom. The monoisotopic (exact) mass is 223 g/mol. The molecule has 1 aromatic carbocycles. The second-order valence-electron chi connectivity index (χ2n) is 2.89. The minimum absolute atomic E-state index is 0.148. The zero-order valence-corrected chi connectivity index (χ0v) is 8.21. The van der Waals surface area contributed by atoms with Crippen molar-refractivity contribution in [3.05, 3.63) is 35.4 Å². The molecule has 0 aromatic heterocycles. The summed E-state index contributed by atoms with van der Waals surface area (Å²) in [5.74, 6) is -1.16. The molecule has 76 valence electrons. The highest BCUT2D eigenvalue weighted by molar-refractivity contribution is 7.96. The van der Waals surface area contributed by atoms with E-state index in [1.54, 1.807) is 12.1 Å². The summed E-state index contributed by atoms with van der Waals surface area (Å²) in [6.45, 7) is 0. The number of nitrogens with one attached hydrogen (secondary N) is 1. The molecule has 1 aliphatic heterocycles. The van der Waals surface area contributed by atoms with E-state index in [2.05, 4.69) is 0 Å². The molecular formula is C9H6N2O3S. The molecule has 5 nitrogen and oxygen atoms in total. The molecule has 0 atom stereocenters. The third-order valence-corrected chi connectivity index (χ3v) is 2.09. The molecule has 0 unspecified atom stereocenters. The van der Waals surface area contributed by atoms with Crippen molar-refractivity contribution in [2.24, 2.45) is 0 Å². The van der Waals surface area contributed by atoms with Crippen molar-refractivity contribution in [2.75, 3.05) is 0 Å². The van der Waals surface area contributed by atoms with E-state index in [1.165, 1.54) is 12.1 Å². The number of thiol groups is 1. The molecule has 2 rings (SSSR count). The SMILES string of the molecule is [2H]SC(=O)NN1C(=O)c2ccccc2C1=O. The summed E-state index contributed by atoms with van der Waals surface area (Å²) in [4.78, 5) is 34.3. The van der Waals surface area contributed by atoms with E-state index in [9.17, 15) is 14.4 Å². The average Bonchev–Trinajstić information content (AvgIpc) is 2.55. The van der Waals surface area contributed by atoms with Crippen molar-refractivity contribution in [2.45, 2.75) is 0 Å². The van der Waals surface area contributed by atoms with Gasteiger partial charge in [-0.05, 0) is 12.1 Å². The maximum absolute atomic E-state index is 11.7. The Hall–Kier alpha value is -1.82. The van der Waals surface area contributed by atoms with Gasteiger partial charge in [-0.3, -0.25) is 14.4 Å². The smallest absolute Gasteiger partial charge is 0.267 e. The molecule has 1 N–H and O–H groups in total. The molecule has 1 aliphatic rings. The van der Waals surface area contributed by atoms with Crippen LogP contribution in [0.5, 0.6) is 0 Å². The highest BCUT2D eigenvalue weighted by atomic mass is 32.1. The van der Waals surface area contributed by atoms with Crippen LogP contribution >= 0.6 is 12.5 Å². The second-order valence-corrected chi connectivity index (χ2v) is 3.26. The topological polar surface area (TPSA) is 66.5 Å². The highest BCUT2D eigenvalue weighted by Crippen LogP contribution is 2.20. The first-order valence-corrected chi connectivity index (χ1v) is 4.47. The Bertz CT molecular complexity index is 456. The van der Waals surface area contributed by atoms with E-state index in [0.717, 1.165) is 0 Å². The predicted molar refractivity (Wildman–Crippen MR) is 54.5 cm³/mol. The van der Waals surface area contributed by atoms with Gasteiger partial charge in [0.15, 0.2) is 0 Å². The molecule has 1 aromatic rings. The molecule has 0 aliphatic carbocycles. The van der Waals surface area contributed by atoms with E-state index in [1.807, 2.05) is 5.43 Å². The lowest BCUT2D eigenvalue weighted by molar-refractivity contribution is 0.0597. The van der Waals surface area contributed by atoms with Gasteiger partial charge < -0.3 is 0 Å². The minimum atomic E-state index is -0.783. The lowest BCUT2D eigenvalue weighted by Gasteiger charge is -2.12. The number of rotatable bonds is 1. The molecular weight excluding hydrogens is 216 g/mol. The van der Waals surface area contributed by atoms with Gasteiger partial charge in [0, 0.05) is 0 Å². The first kappa shape index (κ1) is 8.49. The maximum Gasteiger partial charge on any atom is 0.295 e. The molecule has 1 heterocycles. The van der Waals surface area contributed by atoms with E-state index in [4.69, 9.17) is 1.12 Å². The Morgan fingerprint density at radius 2 is 1.80 bits per heavy atom. The largest absolute Gasteiger partial charge is 0.295 e. The van der Waals surface area contributed by atoms with Crippen molar-refractivity contribution in [3.63, 3.8) is 0 Å². The van der Waals surface area contributed by atoms with Gasteiger partial charge in [0.2, 0.25) is 0 Å². The van der Waals surface area contributed by atoms with Gasteiger partial charge in [0.1, 0.15) is 1.12 Å². The normalized spacial score (nSPS) is 14.9. The van der Waals surface area contributed by atoms with Crippen LogP contribution in [-0.4, -0.2) is 23.2 Å². The fourth-order valence-corrected chi connectivity index (χ4v) is 1.47. The van der Waals surface area contributed by atoms with Gasteiger partial charge in [0.25, 0.3) is 17.1 Å². The second kappa shape index (κ2) is 3.39. The van der Waals surface area contributed by atoms with Crippen LogP contribution in [0.1, 0.15) is 20.7 Å². The fourth-order valence-electron chi connectivity index (χ4n) is 1.38. The lowest BCUT2D eigenvalue weighted by atomic mass is 10.1. The number of imide groups is 1. The van der Waals surface area contributed by atoms with Gasteiger partial charge in [0.05, 0.1) is 11.1 Å². The number of hydrogen-bond acceptors (Lipinski definition) is 4. The Labute approximate surface area is 91.5 Å². The quantitative estimate of drug-likeness (QED) is 0.547. The zero-order chi connectivity index (χ0) is 11.7. The van der Waals surface area contributed by atoms with Crippen molar-refractivity contribution >= 4 is 29.6 Å². The third-order valence-electron chi connectivity index (χ3n) is 2.00. The molecule has 0 saturated carbocycles. The summed E-state index contributed by atoms with van der Waals surface area (Å²) >= 11 is 0.148. The molecule has 0 saturated heterocycles. The van der Waals surface area contributed by atoms with Crippen LogP contribution in [0.15, 0.2) is 24.3 Å². The van der Waals surface area contributed by atoms with Crippen LogP contribution in [0.3, 0.4) is 0 Å². The standard InChI is InChI=1S/C9H6N2O3S/c12-7-5-3-1-2-4-6(5)8(13)11(7)10-9(14)15/h1-4H,(H2,10,14,15)/i/hD. The predicted octanol–water partition coefficient (Wildman–Crippen LogP) is 0.837. The van der Waals surface area contributed by atoms with Crippen LogP contribution in [0, 0.1) is 0 Å². The van der Waals surface area contributed by atoms with Crippen molar-refractivity contribution < 1.29 is 14.4 Å². The third kappa shape index (κ3) is 1.48. The van der Waals surface area contributed by atoms with Gasteiger partial charge in [-0.25, -0.2) is 5.43 Å². The summed E-state index contributed by atoms with van der Waals surface area (Å²) in [6.07, 6.45) is 0. The number of benzene rings is 1. The summed E-state index contributed by atoms with van der Waals surface area (Å²) in [6, 6.07) is 6.29. The number of carbonyl (C=O) groups is 3. The summed E-state index contributed by atoms with van der Waals surface area (Å²) in [7, 11) is 0. The zero-order valence-electron chi connectivity index (χ0n) is 8.39. The first-order valence-electron chi connectivity index (χ1n) is 4.47. The van der Waals surface area contributed by atoms with Crippen molar-refractivity contribution in [1.29, 1.82) is 1.12 Å². The number of nitrogens with zero attached hydrogens (tertiary/aromatic N) is 1. The molecule has 0 radical (unpaired) electrons. The van der Waals surface area contributed by atoms with Crippen molar-refractivity contribution in [3.8, 4) is 0 Å². The summed E-state index contributed by atoms with van der Waals surface area (Å²) < 4.78 is 6.72. The number of hydrogen-bond donors (Lipinski definition) is 2. The average molecular weight is 223 g/mol. The maximum atomic E-state index is 11.7. The molecule has 6 heteroatoms. The lowest BCUT2D eigenvalue weighted by Crippen LogP contribution is -2.43. The van der Waals surface area contributed by atoms with E-state index in [0.29, 0.717) is 5.01 Å². The van der Waals surface area contributed by atoms with Crippen LogP contribution < -0.4 is 5.43 Å². The van der Waals surface area contributed by atoms with Gasteiger partial charge in [-0.2, -0.15) is 5.01 Å². The molecule has 0 bridgehead atoms. The van der Waals surface area contributed by atoms with Crippen LogP contribution in [0.2, 0.25) is 0 Å². The summed E-state index contributed by atoms with van der Waals surface area (Å²) in [5, 5.41) is -0.163. The van der Waals surface area contributed by atoms with E-state index < -0.39 is 17.1 Å². The molecule has 15 heavy (non-hydrogen) atoms. The van der Waals surface area contributed by atoms with Gasteiger partial charge in [-0.15, -0.1) is 0 Å². The Balaban J connectivity index is 2.32. The van der Waals surface area contributed by atoms with Crippen LogP contribution in [0.25, 0.3) is 0 Å². The number of carbonyl (C=O) groups excluding carboxylic acids is 3. The first-order chi connectivity index (χ1) is 7.65. The molecule has 0 fully saturated rings. The highest BCUT2D eigenvalue weighted by Gasteiger charge is 2.35. The summed E-state index contributed by atoms with van der Waals surface area (Å²) in [5.41, 5.74) is 2.55. The number of fused-ring (bicyclic) bond motifs is 1. The van der Waals surface area contributed by atoms with Crippen molar-refractivity contribution in [1.82, 2.24) is 10.4 Å². The van der Waals surface area contributed by atoms with Gasteiger partial charge in [-0.1, -0.05) is 24.7 Å². The van der Waals surface area contributed by atoms with Crippen LogP contribution in [-0.2, 0) is 0 Å². The van der Waals surface area contributed by atoms with E-state index >= 15 is 0 Å². The molecule has 0 spiro atoms. The van der Waals surface area contributed by atoms with Gasteiger partial charge >= 0.3 is 0 Å². The Kier molecular flexibility index (Phi) is 1.92. The Morgan fingerprint density at radius 1 is 1.27 bits per heavy atom. The fraction of sp³-hybridized carbons (Fsp3) is 0. The minimum Gasteiger partial charge on any atom is -0.267 e. The number of amides is 3. The van der Waals surface area contributed by atoms with E-state index in [-0.39, 0.29) is 23.7 Å². The number of hydrazine groups is 1. The molecule has 3 amide bonds. The van der Waals surface area contributed by atoms with Crippen LogP contribution in [0.4, 0.5) is 4.79 Å².